The first-order chi connectivity index (χ1) is 27.0. The van der Waals surface area contributed by atoms with Crippen molar-refractivity contribution in [3.8, 4) is 11.1 Å². The van der Waals surface area contributed by atoms with Gasteiger partial charge in [0.1, 0.15) is 24.5 Å². The number of nitrogens with one attached hydrogen (secondary N) is 2. The normalized spacial score (nSPS) is 22.6. The molecule has 6 atom stereocenters. The van der Waals surface area contributed by atoms with Gasteiger partial charge in [0.25, 0.3) is 5.91 Å². The molecule has 7 rings (SSSR count). The summed E-state index contributed by atoms with van der Waals surface area (Å²) in [6.07, 6.45) is 1.11. The summed E-state index contributed by atoms with van der Waals surface area (Å²) in [5.74, 6) is -4.87. The molecular formula is C43H47N5O8. The molecule has 6 amide bonds. The second-order valence-corrected chi connectivity index (χ2v) is 15.3. The van der Waals surface area contributed by atoms with Crippen molar-refractivity contribution in [1.29, 1.82) is 0 Å². The van der Waals surface area contributed by atoms with Crippen LogP contribution in [0.3, 0.4) is 0 Å². The molecule has 13 heteroatoms. The van der Waals surface area contributed by atoms with Gasteiger partial charge in [-0.3, -0.25) is 33.7 Å². The Morgan fingerprint density at radius 3 is 2.16 bits per heavy atom. The highest BCUT2D eigenvalue weighted by Gasteiger charge is 2.54. The minimum Gasteiger partial charge on any atom is -0.449 e. The molecule has 4 N–H and O–H groups in total. The Labute approximate surface area is 325 Å². The molecule has 1 saturated carbocycles. The molecule has 56 heavy (non-hydrogen) atoms. The predicted octanol–water partition coefficient (Wildman–Crippen LogP) is 3.89. The van der Waals surface area contributed by atoms with Crippen LogP contribution >= 0.6 is 0 Å². The number of nitrogens with zero attached hydrogens (tertiary/aromatic N) is 2. The Balaban J connectivity index is 0.963. The molecule has 3 fully saturated rings. The van der Waals surface area contributed by atoms with E-state index in [2.05, 4.69) is 22.8 Å². The molecule has 3 aromatic rings. The molecule has 0 aromatic heterocycles. The number of Topliss-reactive ketones (excluding diaryl/α,β-unsaturated/α-hetero) is 1. The number of ketones is 1. The van der Waals surface area contributed by atoms with Gasteiger partial charge in [-0.15, -0.1) is 0 Å². The number of carbonyl (C=O) groups is 7. The quantitative estimate of drug-likeness (QED) is 0.232. The van der Waals surface area contributed by atoms with Crippen LogP contribution in [0.25, 0.3) is 11.1 Å². The number of amides is 6. The average Bonchev–Trinajstić information content (AvgIpc) is 3.89. The van der Waals surface area contributed by atoms with Gasteiger partial charge in [0.15, 0.2) is 0 Å². The molecule has 0 radical (unpaired) electrons. The number of carbonyl (C=O) groups excluding carboxylic acids is 7. The van der Waals surface area contributed by atoms with Gasteiger partial charge in [-0.05, 0) is 58.7 Å². The number of likely N-dealkylation sites (tertiary alicyclic amines) is 2. The Bertz CT molecular complexity index is 2020. The third kappa shape index (κ3) is 7.29. The lowest BCUT2D eigenvalue weighted by molar-refractivity contribution is -0.140. The molecule has 0 spiro atoms. The number of benzene rings is 3. The van der Waals surface area contributed by atoms with Crippen molar-refractivity contribution in [3.05, 3.63) is 95.1 Å². The van der Waals surface area contributed by atoms with Crippen LogP contribution in [0.1, 0.15) is 84.8 Å². The predicted molar refractivity (Wildman–Crippen MR) is 205 cm³/mol. The van der Waals surface area contributed by atoms with Crippen LogP contribution < -0.4 is 16.4 Å². The van der Waals surface area contributed by atoms with Gasteiger partial charge < -0.3 is 26.0 Å². The first kappa shape index (κ1) is 38.4. The number of ether oxygens (including phenoxy) is 1. The molecular weight excluding hydrogens is 714 g/mol. The van der Waals surface area contributed by atoms with Crippen LogP contribution in [0.15, 0.2) is 72.8 Å². The average molecular weight is 762 g/mol. The van der Waals surface area contributed by atoms with E-state index in [1.165, 1.54) is 4.90 Å². The highest BCUT2D eigenvalue weighted by Crippen LogP contribution is 2.46. The van der Waals surface area contributed by atoms with Crippen molar-refractivity contribution in [1.82, 2.24) is 20.4 Å². The fourth-order valence-corrected chi connectivity index (χ4v) is 8.94. The third-order valence-corrected chi connectivity index (χ3v) is 12.1. The topological polar surface area (TPSA) is 185 Å². The fourth-order valence-electron chi connectivity index (χ4n) is 8.94. The van der Waals surface area contributed by atoms with Crippen molar-refractivity contribution in [3.63, 3.8) is 0 Å². The first-order valence-electron chi connectivity index (χ1n) is 19.4. The van der Waals surface area contributed by atoms with Gasteiger partial charge in [0.2, 0.25) is 23.6 Å². The van der Waals surface area contributed by atoms with Crippen molar-refractivity contribution >= 4 is 41.4 Å². The van der Waals surface area contributed by atoms with E-state index in [1.807, 2.05) is 50.2 Å². The number of nitrogens with two attached hydrogens (primary N) is 1. The SMILES string of the molecule is CC[C@H](C)[C@H](NC(=O)c1ccc(C2CC(=O)CC3C(=O)N(CCNC(=O)OCC4c5ccccc5-c5ccccc54)C(=O)C32)cc1)C(=O)N1CCC[C@H]1C(N)=O. The lowest BCUT2D eigenvalue weighted by atomic mass is 9.70. The standard InChI is InChI=1S/C43H47N5O8/c1-3-24(2)37(42(54)47-19-8-13-35(47)38(44)50)46-39(51)26-16-14-25(15-17-26)32-21-27(49)22-33-36(32)41(53)48(40(33)52)20-18-45-43(55)56-23-34-30-11-6-4-9-28(30)29-10-5-7-12-31(29)34/h4-7,9-12,14-17,24,32-37H,3,8,13,18-23H2,1-2H3,(H2,44,50)(H,45,55)(H,46,51)/t24-,32?,33?,35-,36?,37-/m0/s1. The van der Waals surface area contributed by atoms with E-state index < -0.39 is 59.6 Å². The smallest absolute Gasteiger partial charge is 0.407 e. The van der Waals surface area contributed by atoms with E-state index in [-0.39, 0.29) is 61.6 Å². The molecule has 2 heterocycles. The number of hydrogen-bond acceptors (Lipinski definition) is 8. The van der Waals surface area contributed by atoms with E-state index in [9.17, 15) is 33.6 Å². The largest absolute Gasteiger partial charge is 0.449 e. The lowest BCUT2D eigenvalue weighted by Gasteiger charge is -2.31. The van der Waals surface area contributed by atoms with Gasteiger partial charge >= 0.3 is 6.09 Å². The fraction of sp³-hybridized carbons (Fsp3) is 0.419. The van der Waals surface area contributed by atoms with Crippen molar-refractivity contribution in [2.24, 2.45) is 23.5 Å². The van der Waals surface area contributed by atoms with Crippen LogP contribution in [0, 0.1) is 17.8 Å². The Hall–Kier alpha value is -5.85. The van der Waals surface area contributed by atoms with E-state index in [0.29, 0.717) is 31.4 Å². The highest BCUT2D eigenvalue weighted by atomic mass is 16.5. The highest BCUT2D eigenvalue weighted by molar-refractivity contribution is 6.08. The van der Waals surface area contributed by atoms with E-state index in [0.717, 1.165) is 27.2 Å². The van der Waals surface area contributed by atoms with E-state index in [1.54, 1.807) is 24.3 Å². The molecule has 0 bridgehead atoms. The second-order valence-electron chi connectivity index (χ2n) is 15.3. The molecule has 292 valence electrons. The van der Waals surface area contributed by atoms with Crippen LogP contribution in [0.2, 0.25) is 0 Å². The third-order valence-electron chi connectivity index (χ3n) is 12.1. The Morgan fingerprint density at radius 1 is 0.875 bits per heavy atom. The van der Waals surface area contributed by atoms with Gasteiger partial charge in [-0.25, -0.2) is 4.79 Å². The number of primary amides is 1. The van der Waals surface area contributed by atoms with Crippen LogP contribution in [0.5, 0.6) is 0 Å². The lowest BCUT2D eigenvalue weighted by Crippen LogP contribution is -2.55. The van der Waals surface area contributed by atoms with Crippen LogP contribution in [-0.4, -0.2) is 89.5 Å². The zero-order valence-corrected chi connectivity index (χ0v) is 31.6. The summed E-state index contributed by atoms with van der Waals surface area (Å²) in [6, 6.07) is 21.0. The summed E-state index contributed by atoms with van der Waals surface area (Å²) in [6.45, 7) is 4.21. The van der Waals surface area contributed by atoms with Crippen molar-refractivity contribution in [2.45, 2.75) is 69.9 Å². The Morgan fingerprint density at radius 2 is 1.52 bits per heavy atom. The summed E-state index contributed by atoms with van der Waals surface area (Å²) >= 11 is 0. The minimum atomic E-state index is -0.865. The van der Waals surface area contributed by atoms with E-state index >= 15 is 0 Å². The molecule has 4 aliphatic rings. The van der Waals surface area contributed by atoms with Crippen molar-refractivity contribution in [2.75, 3.05) is 26.2 Å². The molecule has 2 saturated heterocycles. The zero-order chi connectivity index (χ0) is 39.7. The zero-order valence-electron chi connectivity index (χ0n) is 31.6. The van der Waals surface area contributed by atoms with Crippen LogP contribution in [-0.2, 0) is 28.7 Å². The maximum absolute atomic E-state index is 13.8. The van der Waals surface area contributed by atoms with Gasteiger partial charge in [-0.1, -0.05) is 80.9 Å². The van der Waals surface area contributed by atoms with Gasteiger partial charge in [0, 0.05) is 49.9 Å². The Kier molecular flexibility index (Phi) is 11.0. The summed E-state index contributed by atoms with van der Waals surface area (Å²) in [5, 5.41) is 5.53. The molecule has 2 aliphatic heterocycles. The minimum absolute atomic E-state index is 0.0168. The summed E-state index contributed by atoms with van der Waals surface area (Å²) in [7, 11) is 0. The number of rotatable bonds is 12. The molecule has 2 aliphatic carbocycles. The number of fused-ring (bicyclic) bond motifs is 4. The molecule has 3 aromatic carbocycles. The monoisotopic (exact) mass is 761 g/mol. The number of imide groups is 1. The molecule has 3 unspecified atom stereocenters. The van der Waals surface area contributed by atoms with Crippen LogP contribution in [0.4, 0.5) is 4.79 Å². The first-order valence-corrected chi connectivity index (χ1v) is 19.4. The van der Waals surface area contributed by atoms with Gasteiger partial charge in [-0.2, -0.15) is 0 Å². The number of alkyl carbamates (subject to hydrolysis) is 1. The maximum Gasteiger partial charge on any atom is 0.407 e. The number of hydrogen-bond donors (Lipinski definition) is 3. The second kappa shape index (κ2) is 16.1. The summed E-state index contributed by atoms with van der Waals surface area (Å²) in [5.41, 5.74) is 10.9. The summed E-state index contributed by atoms with van der Waals surface area (Å²) < 4.78 is 5.61. The van der Waals surface area contributed by atoms with E-state index in [4.69, 9.17) is 10.5 Å². The van der Waals surface area contributed by atoms with Crippen molar-refractivity contribution < 1.29 is 38.3 Å². The molecule has 13 nitrogen and oxygen atoms in total. The summed E-state index contributed by atoms with van der Waals surface area (Å²) in [4.78, 5) is 94.6. The van der Waals surface area contributed by atoms with Gasteiger partial charge in [0.05, 0.1) is 11.8 Å². The maximum atomic E-state index is 13.8.